The molecule has 98 valence electrons. The van der Waals surface area contributed by atoms with Crippen LogP contribution in [0.1, 0.15) is 16.7 Å². The Kier molecular flexibility index (Phi) is 2.19. The highest BCUT2D eigenvalue weighted by atomic mass is 15.2. The molecule has 0 bridgehead atoms. The van der Waals surface area contributed by atoms with Crippen LogP contribution in [0.4, 0.5) is 0 Å². The zero-order valence-electron chi connectivity index (χ0n) is 11.9. The molecule has 0 fully saturated rings. The maximum absolute atomic E-state index is 4.71. The number of fused-ring (bicyclic) bond motifs is 5. The maximum Gasteiger partial charge on any atom is 0.0936 e. The first kappa shape index (κ1) is 11.5. The van der Waals surface area contributed by atoms with Gasteiger partial charge in [-0.1, -0.05) is 24.3 Å². The van der Waals surface area contributed by atoms with Gasteiger partial charge in [0.2, 0.25) is 0 Å². The van der Waals surface area contributed by atoms with E-state index in [2.05, 4.69) is 63.4 Å². The molecule has 0 aliphatic heterocycles. The van der Waals surface area contributed by atoms with Crippen molar-refractivity contribution in [1.29, 1.82) is 0 Å². The highest BCUT2D eigenvalue weighted by molar-refractivity contribution is 6.12. The number of benzene rings is 2. The largest absolute Gasteiger partial charge is 0.239 e. The molecule has 0 radical (unpaired) electrons. The van der Waals surface area contributed by atoms with Gasteiger partial charge in [0.1, 0.15) is 0 Å². The Morgan fingerprint density at radius 3 is 2.40 bits per heavy atom. The summed E-state index contributed by atoms with van der Waals surface area (Å²) in [5, 5.41) is 8.63. The number of pyridine rings is 1. The average molecular weight is 260 g/mol. The first-order valence-electron chi connectivity index (χ1n) is 6.93. The third-order valence-electron chi connectivity index (χ3n) is 4.22. The molecule has 2 aromatic carbocycles. The first-order valence-corrected chi connectivity index (χ1v) is 6.93. The summed E-state index contributed by atoms with van der Waals surface area (Å²) in [4.78, 5) is 0. The Morgan fingerprint density at radius 2 is 1.55 bits per heavy atom. The van der Waals surface area contributed by atoms with E-state index in [1.54, 1.807) is 0 Å². The molecule has 20 heavy (non-hydrogen) atoms. The lowest BCUT2D eigenvalue weighted by molar-refractivity contribution is 0.987. The zero-order valence-corrected chi connectivity index (χ0v) is 11.9. The van der Waals surface area contributed by atoms with Crippen LogP contribution < -0.4 is 0 Å². The summed E-state index contributed by atoms with van der Waals surface area (Å²) in [5.74, 6) is 0. The number of hydrogen-bond donors (Lipinski definition) is 0. The van der Waals surface area contributed by atoms with Crippen LogP contribution in [0.25, 0.3) is 27.2 Å². The summed E-state index contributed by atoms with van der Waals surface area (Å²) >= 11 is 0. The molecule has 0 spiro atoms. The van der Waals surface area contributed by atoms with E-state index in [0.717, 1.165) is 5.52 Å². The van der Waals surface area contributed by atoms with Crippen LogP contribution in [0.5, 0.6) is 0 Å². The predicted octanol–water partition coefficient (Wildman–Crippen LogP) is 4.57. The lowest BCUT2D eigenvalue weighted by atomic mass is 9.99. The maximum atomic E-state index is 4.71. The molecular weight excluding hydrogens is 244 g/mol. The van der Waals surface area contributed by atoms with Gasteiger partial charge in [-0.2, -0.15) is 5.10 Å². The van der Waals surface area contributed by atoms with Gasteiger partial charge in [-0.15, -0.1) is 0 Å². The second-order valence-electron chi connectivity index (χ2n) is 5.57. The Morgan fingerprint density at radius 1 is 0.800 bits per heavy atom. The zero-order chi connectivity index (χ0) is 13.9. The van der Waals surface area contributed by atoms with E-state index < -0.39 is 0 Å². The quantitative estimate of drug-likeness (QED) is 0.453. The SMILES string of the molecule is Cc1ccc(C)c2c1ccn1nc3cccc(C)c3c21. The molecule has 0 amide bonds. The van der Waals surface area contributed by atoms with Crippen LogP contribution in [0, 0.1) is 20.8 Å². The first-order chi connectivity index (χ1) is 9.66. The molecule has 0 atom stereocenters. The van der Waals surface area contributed by atoms with Crippen molar-refractivity contribution in [2.45, 2.75) is 20.8 Å². The lowest BCUT2D eigenvalue weighted by Crippen LogP contribution is -1.91. The monoisotopic (exact) mass is 260 g/mol. The highest BCUT2D eigenvalue weighted by Crippen LogP contribution is 2.32. The molecule has 0 unspecified atom stereocenters. The van der Waals surface area contributed by atoms with E-state index in [1.165, 1.54) is 38.4 Å². The lowest BCUT2D eigenvalue weighted by Gasteiger charge is -2.08. The van der Waals surface area contributed by atoms with Crippen molar-refractivity contribution in [3.8, 4) is 0 Å². The van der Waals surface area contributed by atoms with Crippen LogP contribution >= 0.6 is 0 Å². The van der Waals surface area contributed by atoms with Crippen molar-refractivity contribution in [2.24, 2.45) is 0 Å². The van der Waals surface area contributed by atoms with Gasteiger partial charge >= 0.3 is 0 Å². The van der Waals surface area contributed by atoms with Gasteiger partial charge in [-0.05, 0) is 55.0 Å². The van der Waals surface area contributed by atoms with Crippen molar-refractivity contribution in [3.63, 3.8) is 0 Å². The smallest absolute Gasteiger partial charge is 0.0936 e. The molecule has 2 nitrogen and oxygen atoms in total. The molecule has 4 aromatic rings. The third-order valence-corrected chi connectivity index (χ3v) is 4.22. The van der Waals surface area contributed by atoms with Crippen molar-refractivity contribution in [2.75, 3.05) is 0 Å². The molecular formula is C18H16N2. The Hall–Kier alpha value is -2.35. The Labute approximate surface area is 117 Å². The van der Waals surface area contributed by atoms with E-state index in [9.17, 15) is 0 Å². The van der Waals surface area contributed by atoms with Crippen LogP contribution in [0.3, 0.4) is 0 Å². The van der Waals surface area contributed by atoms with E-state index in [-0.39, 0.29) is 0 Å². The Balaban J connectivity index is 2.41. The number of hydrogen-bond acceptors (Lipinski definition) is 1. The standard InChI is InChI=1S/C18H16N2/c1-11-7-8-13(3)16-14(11)9-10-20-18(16)17-12(2)5-4-6-15(17)19-20/h4-10H,1-3H3. The van der Waals surface area contributed by atoms with Crippen LogP contribution in [-0.4, -0.2) is 9.61 Å². The van der Waals surface area contributed by atoms with Crippen LogP contribution in [-0.2, 0) is 0 Å². The summed E-state index contributed by atoms with van der Waals surface area (Å²) in [6.07, 6.45) is 2.07. The molecule has 4 rings (SSSR count). The minimum absolute atomic E-state index is 1.07. The van der Waals surface area contributed by atoms with E-state index in [4.69, 9.17) is 5.10 Å². The molecule has 0 saturated carbocycles. The predicted molar refractivity (Wildman–Crippen MR) is 84.4 cm³/mol. The van der Waals surface area contributed by atoms with E-state index in [0.29, 0.717) is 0 Å². The number of nitrogens with zero attached hydrogens (tertiary/aromatic N) is 2. The third kappa shape index (κ3) is 1.36. The molecule has 0 saturated heterocycles. The summed E-state index contributed by atoms with van der Waals surface area (Å²) in [6, 6.07) is 12.9. The highest BCUT2D eigenvalue weighted by Gasteiger charge is 2.12. The molecule has 0 N–H and O–H groups in total. The van der Waals surface area contributed by atoms with E-state index >= 15 is 0 Å². The Bertz CT molecular complexity index is 977. The fraction of sp³-hybridized carbons (Fsp3) is 0.167. The fourth-order valence-corrected chi connectivity index (χ4v) is 3.18. The average Bonchev–Trinajstić information content (AvgIpc) is 2.82. The van der Waals surface area contributed by atoms with Gasteiger partial charge in [0.05, 0.1) is 11.0 Å². The summed E-state index contributed by atoms with van der Waals surface area (Å²) in [7, 11) is 0. The van der Waals surface area contributed by atoms with Gasteiger partial charge in [0.15, 0.2) is 0 Å². The van der Waals surface area contributed by atoms with Gasteiger partial charge in [0.25, 0.3) is 0 Å². The topological polar surface area (TPSA) is 17.3 Å². The number of aromatic nitrogens is 2. The fourth-order valence-electron chi connectivity index (χ4n) is 3.18. The second-order valence-corrected chi connectivity index (χ2v) is 5.57. The van der Waals surface area contributed by atoms with Gasteiger partial charge in [0, 0.05) is 17.0 Å². The van der Waals surface area contributed by atoms with Gasteiger partial charge in [-0.25, -0.2) is 4.52 Å². The molecule has 0 aliphatic rings. The minimum Gasteiger partial charge on any atom is -0.239 e. The summed E-state index contributed by atoms with van der Waals surface area (Å²) in [6.45, 7) is 6.51. The van der Waals surface area contributed by atoms with Crippen molar-refractivity contribution in [1.82, 2.24) is 9.61 Å². The van der Waals surface area contributed by atoms with Crippen molar-refractivity contribution >= 4 is 27.2 Å². The summed E-state index contributed by atoms with van der Waals surface area (Å²) in [5.41, 5.74) is 6.21. The normalized spacial score (nSPS) is 11.8. The van der Waals surface area contributed by atoms with Gasteiger partial charge < -0.3 is 0 Å². The second kappa shape index (κ2) is 3.83. The molecule has 2 aromatic heterocycles. The van der Waals surface area contributed by atoms with E-state index in [1.807, 2.05) is 4.52 Å². The van der Waals surface area contributed by atoms with Crippen LogP contribution in [0.15, 0.2) is 42.6 Å². The number of aryl methyl sites for hydroxylation is 3. The van der Waals surface area contributed by atoms with Crippen LogP contribution in [0.2, 0.25) is 0 Å². The van der Waals surface area contributed by atoms with Crippen molar-refractivity contribution < 1.29 is 0 Å². The minimum atomic E-state index is 1.07. The molecule has 2 heterocycles. The summed E-state index contributed by atoms with van der Waals surface area (Å²) < 4.78 is 2.02. The van der Waals surface area contributed by atoms with Crippen molar-refractivity contribution in [3.05, 3.63) is 59.3 Å². The number of rotatable bonds is 0. The molecule has 2 heteroatoms. The van der Waals surface area contributed by atoms with Gasteiger partial charge in [-0.3, -0.25) is 0 Å². The molecule has 0 aliphatic carbocycles.